The van der Waals surface area contributed by atoms with Crippen LogP contribution >= 0.6 is 12.2 Å². The molecule has 0 radical (unpaired) electrons. The van der Waals surface area contributed by atoms with Crippen LogP contribution in [0, 0.1) is 16.0 Å². The average molecular weight is 352 g/mol. The number of rotatable bonds is 4. The van der Waals surface area contributed by atoms with E-state index in [1.807, 2.05) is 30.3 Å². The van der Waals surface area contributed by atoms with Crippen molar-refractivity contribution >= 4 is 40.4 Å². The Labute approximate surface area is 150 Å². The second kappa shape index (κ2) is 7.36. The molecule has 0 saturated heterocycles. The Balaban J connectivity index is 1.74. The number of carbonyl (C=O) groups is 1. The first-order valence-corrected chi connectivity index (χ1v) is 8.30. The summed E-state index contributed by atoms with van der Waals surface area (Å²) >= 11 is 5.40. The number of hydrogen-bond donors (Lipinski definition) is 1. The maximum atomic E-state index is 12.6. The lowest BCUT2D eigenvalue weighted by atomic mass is 10.0. The number of nitrogens with zero attached hydrogens (tertiary/aromatic N) is 1. The molecule has 1 saturated carbocycles. The zero-order valence-electron chi connectivity index (χ0n) is 13.3. The van der Waals surface area contributed by atoms with Crippen LogP contribution in [0.4, 0.5) is 11.4 Å². The SMILES string of the molecule is O=C1C(=Cc2cccc([N+](=O)[O-])c2)CCC1C(=S)Nc1ccccc1. The minimum atomic E-state index is -0.444. The van der Waals surface area contributed by atoms with Gasteiger partial charge in [-0.1, -0.05) is 42.5 Å². The second-order valence-corrected chi connectivity index (χ2v) is 6.27. The first-order valence-electron chi connectivity index (χ1n) is 7.90. The molecule has 0 spiro atoms. The van der Waals surface area contributed by atoms with E-state index < -0.39 is 4.92 Å². The number of nitro groups is 1. The topological polar surface area (TPSA) is 72.2 Å². The first kappa shape index (κ1) is 17.0. The highest BCUT2D eigenvalue weighted by atomic mass is 32.1. The molecule has 2 aromatic carbocycles. The van der Waals surface area contributed by atoms with E-state index in [0.29, 0.717) is 29.0 Å². The zero-order valence-corrected chi connectivity index (χ0v) is 14.2. The summed E-state index contributed by atoms with van der Waals surface area (Å²) in [6.45, 7) is 0. The van der Waals surface area contributed by atoms with Gasteiger partial charge in [0.05, 0.1) is 15.8 Å². The number of non-ortho nitro benzene ring substituents is 1. The third-order valence-corrected chi connectivity index (χ3v) is 4.50. The highest BCUT2D eigenvalue weighted by Crippen LogP contribution is 2.30. The molecule has 2 aromatic rings. The van der Waals surface area contributed by atoms with Crippen molar-refractivity contribution in [2.45, 2.75) is 12.8 Å². The number of ketones is 1. The van der Waals surface area contributed by atoms with Gasteiger partial charge in [-0.25, -0.2) is 0 Å². The molecule has 1 aliphatic rings. The highest BCUT2D eigenvalue weighted by molar-refractivity contribution is 7.80. The molecule has 0 bridgehead atoms. The molecule has 6 heteroatoms. The number of Topliss-reactive ketones (excluding diaryl/α,β-unsaturated/α-hetero) is 1. The molecule has 126 valence electrons. The molecule has 1 atom stereocenters. The van der Waals surface area contributed by atoms with Gasteiger partial charge in [-0.05, 0) is 42.2 Å². The van der Waals surface area contributed by atoms with Gasteiger partial charge in [-0.3, -0.25) is 14.9 Å². The smallest absolute Gasteiger partial charge is 0.270 e. The van der Waals surface area contributed by atoms with Gasteiger partial charge < -0.3 is 5.32 Å². The maximum Gasteiger partial charge on any atom is 0.270 e. The van der Waals surface area contributed by atoms with E-state index in [4.69, 9.17) is 12.2 Å². The Morgan fingerprint density at radius 3 is 2.68 bits per heavy atom. The van der Waals surface area contributed by atoms with Gasteiger partial charge in [0.15, 0.2) is 5.78 Å². The lowest BCUT2D eigenvalue weighted by Crippen LogP contribution is -2.24. The number of benzene rings is 2. The number of allylic oxidation sites excluding steroid dienone is 1. The lowest BCUT2D eigenvalue weighted by Gasteiger charge is -2.12. The maximum absolute atomic E-state index is 12.6. The highest BCUT2D eigenvalue weighted by Gasteiger charge is 2.32. The average Bonchev–Trinajstić information content (AvgIpc) is 2.97. The summed E-state index contributed by atoms with van der Waals surface area (Å²) in [7, 11) is 0. The Morgan fingerprint density at radius 1 is 1.20 bits per heavy atom. The van der Waals surface area contributed by atoms with Gasteiger partial charge >= 0.3 is 0 Å². The van der Waals surface area contributed by atoms with E-state index in [1.165, 1.54) is 12.1 Å². The van der Waals surface area contributed by atoms with E-state index in [1.54, 1.807) is 18.2 Å². The summed E-state index contributed by atoms with van der Waals surface area (Å²) in [5, 5.41) is 14.0. The van der Waals surface area contributed by atoms with Crippen LogP contribution in [0.5, 0.6) is 0 Å². The summed E-state index contributed by atoms with van der Waals surface area (Å²) in [5.41, 5.74) is 2.18. The molecule has 1 aliphatic carbocycles. The standard InChI is InChI=1S/C19H16N2O3S/c22-18-14(11-13-5-4-8-16(12-13)21(23)24)9-10-17(18)19(25)20-15-6-2-1-3-7-15/h1-8,11-12,17H,9-10H2,(H,20,25). The molecule has 25 heavy (non-hydrogen) atoms. The van der Waals surface area contributed by atoms with Crippen molar-refractivity contribution in [3.05, 3.63) is 75.8 Å². The van der Waals surface area contributed by atoms with Gasteiger partial charge in [-0.15, -0.1) is 0 Å². The molecule has 0 aromatic heterocycles. The fourth-order valence-corrected chi connectivity index (χ4v) is 3.19. The molecular weight excluding hydrogens is 336 g/mol. The molecule has 0 aliphatic heterocycles. The van der Waals surface area contributed by atoms with Crippen molar-refractivity contribution in [1.29, 1.82) is 0 Å². The van der Waals surface area contributed by atoms with Crippen LogP contribution in [0.1, 0.15) is 18.4 Å². The predicted octanol–water partition coefficient (Wildman–Crippen LogP) is 4.40. The van der Waals surface area contributed by atoms with Crippen LogP contribution in [0.15, 0.2) is 60.2 Å². The van der Waals surface area contributed by atoms with E-state index in [2.05, 4.69) is 5.32 Å². The Morgan fingerprint density at radius 2 is 1.96 bits per heavy atom. The first-order chi connectivity index (χ1) is 12.0. The van der Waals surface area contributed by atoms with Crippen molar-refractivity contribution in [2.75, 3.05) is 5.32 Å². The van der Waals surface area contributed by atoms with Crippen molar-refractivity contribution < 1.29 is 9.72 Å². The van der Waals surface area contributed by atoms with Crippen LogP contribution in [0.25, 0.3) is 6.08 Å². The monoisotopic (exact) mass is 352 g/mol. The van der Waals surface area contributed by atoms with Crippen LogP contribution in [-0.4, -0.2) is 15.7 Å². The minimum absolute atomic E-state index is 0.0117. The summed E-state index contributed by atoms with van der Waals surface area (Å²) in [6, 6.07) is 15.8. The molecule has 1 fully saturated rings. The number of anilines is 1. The van der Waals surface area contributed by atoms with Gasteiger partial charge in [-0.2, -0.15) is 0 Å². The number of nitro benzene ring substituents is 1. The van der Waals surface area contributed by atoms with Gasteiger partial charge in [0.2, 0.25) is 0 Å². The molecule has 3 rings (SSSR count). The molecule has 0 amide bonds. The number of hydrogen-bond acceptors (Lipinski definition) is 4. The van der Waals surface area contributed by atoms with Crippen LogP contribution in [-0.2, 0) is 4.79 Å². The van der Waals surface area contributed by atoms with Crippen molar-refractivity contribution in [1.82, 2.24) is 0 Å². The third kappa shape index (κ3) is 3.97. The summed E-state index contributed by atoms with van der Waals surface area (Å²) in [6.07, 6.45) is 2.99. The largest absolute Gasteiger partial charge is 0.349 e. The van der Waals surface area contributed by atoms with Crippen molar-refractivity contribution in [3.63, 3.8) is 0 Å². The Bertz CT molecular complexity index is 862. The fourth-order valence-electron chi connectivity index (χ4n) is 2.85. The summed E-state index contributed by atoms with van der Waals surface area (Å²) in [5.74, 6) is -0.361. The zero-order chi connectivity index (χ0) is 17.8. The number of thiocarbonyl (C=S) groups is 1. The van der Waals surface area contributed by atoms with Crippen LogP contribution in [0.3, 0.4) is 0 Å². The third-order valence-electron chi connectivity index (χ3n) is 4.12. The summed E-state index contributed by atoms with van der Waals surface area (Å²) < 4.78 is 0. The number of para-hydroxylation sites is 1. The van der Waals surface area contributed by atoms with Gasteiger partial charge in [0, 0.05) is 17.8 Å². The van der Waals surface area contributed by atoms with E-state index in [0.717, 1.165) is 5.69 Å². The van der Waals surface area contributed by atoms with E-state index >= 15 is 0 Å². The molecule has 0 heterocycles. The summed E-state index contributed by atoms with van der Waals surface area (Å²) in [4.78, 5) is 23.6. The minimum Gasteiger partial charge on any atom is -0.349 e. The molecule has 1 unspecified atom stereocenters. The quantitative estimate of drug-likeness (QED) is 0.382. The van der Waals surface area contributed by atoms with E-state index in [9.17, 15) is 14.9 Å². The second-order valence-electron chi connectivity index (χ2n) is 5.83. The fraction of sp³-hybridized carbons (Fsp3) is 0.158. The Hall–Kier alpha value is -2.86. The van der Waals surface area contributed by atoms with E-state index in [-0.39, 0.29) is 17.4 Å². The predicted molar refractivity (Wildman–Crippen MR) is 101 cm³/mol. The van der Waals surface area contributed by atoms with Crippen LogP contribution in [0.2, 0.25) is 0 Å². The van der Waals surface area contributed by atoms with Crippen molar-refractivity contribution in [2.24, 2.45) is 5.92 Å². The van der Waals surface area contributed by atoms with Gasteiger partial charge in [0.1, 0.15) is 0 Å². The van der Waals surface area contributed by atoms with Gasteiger partial charge in [0.25, 0.3) is 5.69 Å². The Kier molecular flexibility index (Phi) is 5.00. The normalized spacial score (nSPS) is 18.3. The number of carbonyl (C=O) groups excluding carboxylic acids is 1. The van der Waals surface area contributed by atoms with Crippen molar-refractivity contribution in [3.8, 4) is 0 Å². The molecule has 1 N–H and O–H groups in total. The lowest BCUT2D eigenvalue weighted by molar-refractivity contribution is -0.384. The number of nitrogens with one attached hydrogen (secondary N) is 1. The molecular formula is C19H16N2O3S. The molecule has 5 nitrogen and oxygen atoms in total. The van der Waals surface area contributed by atoms with Crippen LogP contribution < -0.4 is 5.32 Å².